The van der Waals surface area contributed by atoms with Crippen LogP contribution >= 0.6 is 0 Å². The Morgan fingerprint density at radius 3 is 2.68 bits per heavy atom. The first-order valence-electron chi connectivity index (χ1n) is 6.09. The summed E-state index contributed by atoms with van der Waals surface area (Å²) in [5, 5.41) is 3.11. The zero-order chi connectivity index (χ0) is 13.7. The molecule has 2 rings (SSSR count). The Kier molecular flexibility index (Phi) is 4.36. The zero-order valence-corrected chi connectivity index (χ0v) is 10.8. The molecule has 0 aromatic heterocycles. The van der Waals surface area contributed by atoms with Crippen LogP contribution in [0.5, 0.6) is 5.75 Å². The first kappa shape index (κ1) is 13.4. The molecule has 0 amide bonds. The largest absolute Gasteiger partial charge is 0.497 e. The van der Waals surface area contributed by atoms with Gasteiger partial charge in [-0.25, -0.2) is 4.39 Å². The lowest BCUT2D eigenvalue weighted by Crippen LogP contribution is -2.21. The maximum atomic E-state index is 13.6. The van der Waals surface area contributed by atoms with Crippen LogP contribution in [0, 0.1) is 5.82 Å². The van der Waals surface area contributed by atoms with Gasteiger partial charge in [0.05, 0.1) is 18.8 Å². The molecule has 0 saturated carbocycles. The standard InChI is InChI=1S/C15H17FN2O/c1-19-12-6-4-5-11(9-12)15(10-17)18-14-8-3-2-7-13(14)16/h2-9,15,18H,10,17H2,1H3. The third-order valence-corrected chi connectivity index (χ3v) is 2.94. The van der Waals surface area contributed by atoms with Crippen molar-refractivity contribution in [1.29, 1.82) is 0 Å². The van der Waals surface area contributed by atoms with Crippen LogP contribution in [0.2, 0.25) is 0 Å². The molecule has 1 unspecified atom stereocenters. The molecule has 0 fully saturated rings. The van der Waals surface area contributed by atoms with Gasteiger partial charge in [-0.05, 0) is 29.8 Å². The van der Waals surface area contributed by atoms with Crippen LogP contribution in [0.15, 0.2) is 48.5 Å². The highest BCUT2D eigenvalue weighted by molar-refractivity contribution is 5.47. The van der Waals surface area contributed by atoms with E-state index in [1.807, 2.05) is 24.3 Å². The number of hydrogen-bond donors (Lipinski definition) is 2. The Hall–Kier alpha value is -2.07. The summed E-state index contributed by atoms with van der Waals surface area (Å²) >= 11 is 0. The van der Waals surface area contributed by atoms with Gasteiger partial charge in [-0.1, -0.05) is 24.3 Å². The van der Waals surface area contributed by atoms with Crippen LogP contribution < -0.4 is 15.8 Å². The Bertz CT molecular complexity index is 545. The average Bonchev–Trinajstić information content (AvgIpc) is 2.46. The molecule has 3 N–H and O–H groups in total. The Morgan fingerprint density at radius 1 is 1.21 bits per heavy atom. The summed E-state index contributed by atoms with van der Waals surface area (Å²) in [6.45, 7) is 0.363. The fourth-order valence-electron chi connectivity index (χ4n) is 1.90. The molecule has 0 aliphatic rings. The van der Waals surface area contributed by atoms with Crippen LogP contribution in [-0.2, 0) is 0 Å². The van der Waals surface area contributed by atoms with Gasteiger partial charge < -0.3 is 15.8 Å². The number of hydrogen-bond acceptors (Lipinski definition) is 3. The summed E-state index contributed by atoms with van der Waals surface area (Å²) in [6.07, 6.45) is 0. The number of ether oxygens (including phenoxy) is 1. The lowest BCUT2D eigenvalue weighted by atomic mass is 10.1. The van der Waals surface area contributed by atoms with E-state index in [0.29, 0.717) is 12.2 Å². The molecular formula is C15H17FN2O. The molecule has 1 atom stereocenters. The Morgan fingerprint density at radius 2 is 2.00 bits per heavy atom. The molecule has 4 heteroatoms. The number of methoxy groups -OCH3 is 1. The predicted octanol–water partition coefficient (Wildman–Crippen LogP) is 2.95. The molecule has 0 bridgehead atoms. The number of halogens is 1. The normalized spacial score (nSPS) is 11.9. The van der Waals surface area contributed by atoms with Gasteiger partial charge in [0.2, 0.25) is 0 Å². The molecule has 0 spiro atoms. The quantitative estimate of drug-likeness (QED) is 0.869. The average molecular weight is 260 g/mol. The maximum absolute atomic E-state index is 13.6. The summed E-state index contributed by atoms with van der Waals surface area (Å²) in [5.74, 6) is 0.468. The van der Waals surface area contributed by atoms with E-state index in [0.717, 1.165) is 11.3 Å². The highest BCUT2D eigenvalue weighted by Crippen LogP contribution is 2.23. The molecule has 0 heterocycles. The molecule has 2 aromatic carbocycles. The maximum Gasteiger partial charge on any atom is 0.146 e. The van der Waals surface area contributed by atoms with Gasteiger partial charge in [-0.2, -0.15) is 0 Å². The number of para-hydroxylation sites is 1. The zero-order valence-electron chi connectivity index (χ0n) is 10.8. The van der Waals surface area contributed by atoms with Gasteiger partial charge in [0.25, 0.3) is 0 Å². The van der Waals surface area contributed by atoms with E-state index < -0.39 is 0 Å². The first-order valence-corrected chi connectivity index (χ1v) is 6.09. The molecule has 0 aliphatic carbocycles. The van der Waals surface area contributed by atoms with E-state index in [9.17, 15) is 4.39 Å². The van der Waals surface area contributed by atoms with Gasteiger partial charge in [0, 0.05) is 6.54 Å². The summed E-state index contributed by atoms with van der Waals surface area (Å²) < 4.78 is 18.8. The molecule has 3 nitrogen and oxygen atoms in total. The van der Waals surface area contributed by atoms with Crippen LogP contribution in [0.1, 0.15) is 11.6 Å². The van der Waals surface area contributed by atoms with Gasteiger partial charge in [0.15, 0.2) is 0 Å². The van der Waals surface area contributed by atoms with Crippen molar-refractivity contribution in [3.63, 3.8) is 0 Å². The number of anilines is 1. The fourth-order valence-corrected chi connectivity index (χ4v) is 1.90. The molecule has 19 heavy (non-hydrogen) atoms. The summed E-state index contributed by atoms with van der Waals surface area (Å²) in [7, 11) is 1.61. The van der Waals surface area contributed by atoms with Crippen molar-refractivity contribution in [2.24, 2.45) is 5.73 Å². The number of rotatable bonds is 5. The molecule has 0 aliphatic heterocycles. The van der Waals surface area contributed by atoms with E-state index >= 15 is 0 Å². The second-order valence-corrected chi connectivity index (χ2v) is 4.19. The fraction of sp³-hybridized carbons (Fsp3) is 0.200. The molecule has 0 radical (unpaired) electrons. The summed E-state index contributed by atoms with van der Waals surface area (Å²) in [4.78, 5) is 0. The molecule has 0 saturated heterocycles. The van der Waals surface area contributed by atoms with Gasteiger partial charge >= 0.3 is 0 Å². The summed E-state index contributed by atoms with van der Waals surface area (Å²) in [6, 6.07) is 14.0. The van der Waals surface area contributed by atoms with Crippen molar-refractivity contribution < 1.29 is 9.13 Å². The Balaban J connectivity index is 2.22. The Labute approximate surface area is 112 Å². The van der Waals surface area contributed by atoms with Crippen molar-refractivity contribution in [3.8, 4) is 5.75 Å². The second-order valence-electron chi connectivity index (χ2n) is 4.19. The van der Waals surface area contributed by atoms with Crippen LogP contribution in [0.4, 0.5) is 10.1 Å². The molecule has 2 aromatic rings. The van der Waals surface area contributed by atoms with E-state index in [2.05, 4.69) is 5.32 Å². The van der Waals surface area contributed by atoms with Gasteiger partial charge in [-0.3, -0.25) is 0 Å². The van der Waals surface area contributed by atoms with Crippen molar-refractivity contribution >= 4 is 5.69 Å². The van der Waals surface area contributed by atoms with E-state index in [1.165, 1.54) is 6.07 Å². The van der Waals surface area contributed by atoms with E-state index in [-0.39, 0.29) is 11.9 Å². The summed E-state index contributed by atoms with van der Waals surface area (Å²) in [5.41, 5.74) is 7.18. The number of nitrogens with two attached hydrogens (primary N) is 1. The van der Waals surface area contributed by atoms with Gasteiger partial charge in [0.1, 0.15) is 11.6 Å². The smallest absolute Gasteiger partial charge is 0.146 e. The van der Waals surface area contributed by atoms with Crippen LogP contribution in [0.3, 0.4) is 0 Å². The van der Waals surface area contributed by atoms with Crippen LogP contribution in [-0.4, -0.2) is 13.7 Å². The number of benzene rings is 2. The lowest BCUT2D eigenvalue weighted by Gasteiger charge is -2.19. The lowest BCUT2D eigenvalue weighted by molar-refractivity contribution is 0.414. The van der Waals surface area contributed by atoms with Crippen molar-refractivity contribution in [3.05, 3.63) is 59.9 Å². The molecule has 100 valence electrons. The third-order valence-electron chi connectivity index (χ3n) is 2.94. The predicted molar refractivity (Wildman–Crippen MR) is 74.8 cm³/mol. The minimum Gasteiger partial charge on any atom is -0.497 e. The first-order chi connectivity index (χ1) is 9.24. The van der Waals surface area contributed by atoms with Gasteiger partial charge in [-0.15, -0.1) is 0 Å². The van der Waals surface area contributed by atoms with E-state index in [4.69, 9.17) is 10.5 Å². The van der Waals surface area contributed by atoms with E-state index in [1.54, 1.807) is 25.3 Å². The third kappa shape index (κ3) is 3.23. The monoisotopic (exact) mass is 260 g/mol. The highest BCUT2D eigenvalue weighted by Gasteiger charge is 2.12. The topological polar surface area (TPSA) is 47.3 Å². The SMILES string of the molecule is COc1cccc(C(CN)Nc2ccccc2F)c1. The second kappa shape index (κ2) is 6.20. The minimum absolute atomic E-state index is 0.160. The molecular weight excluding hydrogens is 243 g/mol. The highest BCUT2D eigenvalue weighted by atomic mass is 19.1. The van der Waals surface area contributed by atoms with Crippen molar-refractivity contribution in [1.82, 2.24) is 0 Å². The number of nitrogens with one attached hydrogen (secondary N) is 1. The van der Waals surface area contributed by atoms with Crippen molar-refractivity contribution in [2.75, 3.05) is 19.0 Å². The minimum atomic E-state index is -0.288. The van der Waals surface area contributed by atoms with Crippen LogP contribution in [0.25, 0.3) is 0 Å². The van der Waals surface area contributed by atoms with Crippen molar-refractivity contribution in [2.45, 2.75) is 6.04 Å².